The summed E-state index contributed by atoms with van der Waals surface area (Å²) in [6.45, 7) is 0. The molecule has 0 spiro atoms. The fourth-order valence-corrected chi connectivity index (χ4v) is 3.00. The van der Waals surface area contributed by atoms with Crippen LogP contribution in [0.15, 0.2) is 65.2 Å². The molecule has 144 valence electrons. The number of hydrogen-bond donors (Lipinski definition) is 2. The molecule has 1 amide bonds. The third-order valence-corrected chi connectivity index (χ3v) is 4.49. The van der Waals surface area contributed by atoms with E-state index in [0.29, 0.717) is 33.4 Å². The lowest BCUT2D eigenvalue weighted by Gasteiger charge is -2.11. The largest absolute Gasteiger partial charge is 0.434 e. The van der Waals surface area contributed by atoms with E-state index in [1.807, 2.05) is 0 Å². The number of aromatic nitrogens is 2. The Bertz CT molecular complexity index is 1190. The number of oxazole rings is 1. The van der Waals surface area contributed by atoms with E-state index in [-0.39, 0.29) is 10.7 Å². The summed E-state index contributed by atoms with van der Waals surface area (Å²) in [6.07, 6.45) is 1.62. The number of halogens is 2. The van der Waals surface area contributed by atoms with Crippen molar-refractivity contribution in [3.8, 4) is 11.5 Å². The van der Waals surface area contributed by atoms with E-state index in [4.69, 9.17) is 28.2 Å². The van der Waals surface area contributed by atoms with Gasteiger partial charge in [-0.1, -0.05) is 11.6 Å². The van der Waals surface area contributed by atoms with Gasteiger partial charge in [0.05, 0.1) is 10.6 Å². The van der Waals surface area contributed by atoms with Gasteiger partial charge in [0.2, 0.25) is 5.89 Å². The van der Waals surface area contributed by atoms with E-state index in [2.05, 4.69) is 20.6 Å². The monoisotopic (exact) mass is 426 g/mol. The molecule has 0 aliphatic carbocycles. The van der Waals surface area contributed by atoms with Crippen molar-refractivity contribution in [2.45, 2.75) is 0 Å². The summed E-state index contributed by atoms with van der Waals surface area (Å²) in [5, 5.41) is 5.95. The second kappa shape index (κ2) is 7.94. The number of carbonyl (C=O) groups is 1. The van der Waals surface area contributed by atoms with Crippen LogP contribution >= 0.6 is 23.8 Å². The first-order chi connectivity index (χ1) is 14.0. The minimum absolute atomic E-state index is 0.0758. The number of carbonyl (C=O) groups excluding carboxylic acids is 1. The van der Waals surface area contributed by atoms with Crippen LogP contribution in [0.3, 0.4) is 0 Å². The van der Waals surface area contributed by atoms with E-state index < -0.39 is 11.7 Å². The maximum absolute atomic E-state index is 13.0. The zero-order chi connectivity index (χ0) is 20.4. The van der Waals surface area contributed by atoms with Gasteiger partial charge in [-0.2, -0.15) is 4.98 Å². The molecule has 0 aliphatic rings. The summed E-state index contributed by atoms with van der Waals surface area (Å²) in [5.41, 5.74) is 2.41. The SMILES string of the molecule is O=C(NC(=S)Nc1ccc(Cl)c(-c2nc3ncccc3o2)c1)c1ccc(F)cc1. The molecular weight excluding hydrogens is 415 g/mol. The van der Waals surface area contributed by atoms with Crippen LogP contribution in [0.1, 0.15) is 10.4 Å². The average Bonchev–Trinajstić information content (AvgIpc) is 3.14. The Kier molecular flexibility index (Phi) is 5.20. The number of amides is 1. The number of rotatable bonds is 3. The lowest BCUT2D eigenvalue weighted by atomic mass is 10.2. The predicted octanol–water partition coefficient (Wildman–Crippen LogP) is 4.81. The van der Waals surface area contributed by atoms with Gasteiger partial charge in [-0.05, 0) is 66.8 Å². The average molecular weight is 427 g/mol. The van der Waals surface area contributed by atoms with E-state index >= 15 is 0 Å². The van der Waals surface area contributed by atoms with Crippen molar-refractivity contribution < 1.29 is 13.6 Å². The molecule has 2 heterocycles. The zero-order valence-electron chi connectivity index (χ0n) is 14.6. The molecule has 2 N–H and O–H groups in total. The van der Waals surface area contributed by atoms with Crippen molar-refractivity contribution in [1.82, 2.24) is 15.3 Å². The van der Waals surface area contributed by atoms with Gasteiger partial charge < -0.3 is 9.73 Å². The Morgan fingerprint density at radius 2 is 1.93 bits per heavy atom. The molecule has 4 aromatic rings. The molecule has 29 heavy (non-hydrogen) atoms. The number of fused-ring (bicyclic) bond motifs is 1. The molecule has 2 aromatic carbocycles. The number of nitrogens with one attached hydrogen (secondary N) is 2. The summed E-state index contributed by atoms with van der Waals surface area (Å²) in [5.74, 6) is -0.569. The van der Waals surface area contributed by atoms with Gasteiger partial charge in [-0.15, -0.1) is 0 Å². The van der Waals surface area contributed by atoms with Crippen LogP contribution in [0.4, 0.5) is 10.1 Å². The van der Waals surface area contributed by atoms with Crippen molar-refractivity contribution in [2.24, 2.45) is 0 Å². The van der Waals surface area contributed by atoms with Crippen LogP contribution in [0.5, 0.6) is 0 Å². The minimum atomic E-state index is -0.457. The molecule has 0 fully saturated rings. The van der Waals surface area contributed by atoms with Gasteiger partial charge >= 0.3 is 0 Å². The molecule has 0 saturated carbocycles. The number of anilines is 1. The van der Waals surface area contributed by atoms with Crippen LogP contribution in [0.25, 0.3) is 22.7 Å². The summed E-state index contributed by atoms with van der Waals surface area (Å²) < 4.78 is 18.7. The van der Waals surface area contributed by atoms with Crippen LogP contribution in [-0.2, 0) is 0 Å². The molecule has 4 rings (SSSR count). The van der Waals surface area contributed by atoms with Crippen LogP contribution in [-0.4, -0.2) is 21.0 Å². The maximum Gasteiger partial charge on any atom is 0.257 e. The molecule has 0 unspecified atom stereocenters. The molecule has 0 atom stereocenters. The van der Waals surface area contributed by atoms with E-state index in [1.165, 1.54) is 24.3 Å². The highest BCUT2D eigenvalue weighted by molar-refractivity contribution is 7.80. The number of benzene rings is 2. The minimum Gasteiger partial charge on any atom is -0.434 e. The molecule has 0 bridgehead atoms. The molecular formula is C20H12ClFN4O2S. The Balaban J connectivity index is 1.52. The van der Waals surface area contributed by atoms with Crippen molar-refractivity contribution in [2.75, 3.05) is 5.32 Å². The van der Waals surface area contributed by atoms with Gasteiger partial charge in [-0.3, -0.25) is 10.1 Å². The predicted molar refractivity (Wildman–Crippen MR) is 112 cm³/mol. The zero-order valence-corrected chi connectivity index (χ0v) is 16.2. The summed E-state index contributed by atoms with van der Waals surface area (Å²) >= 11 is 11.5. The van der Waals surface area contributed by atoms with Crippen molar-refractivity contribution in [3.63, 3.8) is 0 Å². The highest BCUT2D eigenvalue weighted by Gasteiger charge is 2.14. The topological polar surface area (TPSA) is 80.0 Å². The molecule has 0 radical (unpaired) electrons. The van der Waals surface area contributed by atoms with Crippen molar-refractivity contribution in [1.29, 1.82) is 0 Å². The lowest BCUT2D eigenvalue weighted by molar-refractivity contribution is 0.0977. The van der Waals surface area contributed by atoms with Crippen LogP contribution in [0.2, 0.25) is 5.02 Å². The van der Waals surface area contributed by atoms with Gasteiger partial charge in [0, 0.05) is 17.4 Å². The molecule has 2 aromatic heterocycles. The Morgan fingerprint density at radius 3 is 2.69 bits per heavy atom. The van der Waals surface area contributed by atoms with Crippen LogP contribution in [0, 0.1) is 5.82 Å². The smallest absolute Gasteiger partial charge is 0.257 e. The van der Waals surface area contributed by atoms with E-state index in [1.54, 1.807) is 36.5 Å². The van der Waals surface area contributed by atoms with Crippen LogP contribution < -0.4 is 10.6 Å². The molecule has 0 aliphatic heterocycles. The first-order valence-corrected chi connectivity index (χ1v) is 9.17. The summed E-state index contributed by atoms with van der Waals surface area (Å²) in [7, 11) is 0. The third-order valence-electron chi connectivity index (χ3n) is 3.95. The number of thiocarbonyl (C=S) groups is 1. The first-order valence-electron chi connectivity index (χ1n) is 8.39. The maximum atomic E-state index is 13.0. The van der Waals surface area contributed by atoms with Gasteiger partial charge in [0.1, 0.15) is 5.82 Å². The fraction of sp³-hybridized carbons (Fsp3) is 0. The second-order valence-electron chi connectivity index (χ2n) is 5.95. The first kappa shape index (κ1) is 19.0. The van der Waals surface area contributed by atoms with E-state index in [0.717, 1.165) is 0 Å². The highest BCUT2D eigenvalue weighted by atomic mass is 35.5. The normalized spacial score (nSPS) is 10.7. The van der Waals surface area contributed by atoms with Crippen molar-refractivity contribution >= 4 is 51.8 Å². The third kappa shape index (κ3) is 4.23. The van der Waals surface area contributed by atoms with E-state index in [9.17, 15) is 9.18 Å². The number of pyridine rings is 1. The quantitative estimate of drug-likeness (QED) is 0.458. The van der Waals surface area contributed by atoms with Gasteiger partial charge in [0.25, 0.3) is 5.91 Å². The Morgan fingerprint density at radius 1 is 1.14 bits per heavy atom. The summed E-state index contributed by atoms with van der Waals surface area (Å²) in [4.78, 5) is 20.7. The highest BCUT2D eigenvalue weighted by Crippen LogP contribution is 2.31. The van der Waals surface area contributed by atoms with Gasteiger partial charge in [-0.25, -0.2) is 9.37 Å². The molecule has 6 nitrogen and oxygen atoms in total. The number of nitrogens with zero attached hydrogens (tertiary/aromatic N) is 2. The standard InChI is InChI=1S/C20H12ClFN4O2S/c21-15-8-7-13(10-14(15)19-25-17-16(28-19)2-1-9-23-17)24-20(29)26-18(27)11-3-5-12(22)6-4-11/h1-10H,(H2,24,26,27,29). The Hall–Kier alpha value is -3.36. The number of hydrogen-bond acceptors (Lipinski definition) is 5. The Labute approximate surface area is 174 Å². The lowest BCUT2D eigenvalue weighted by Crippen LogP contribution is -2.34. The van der Waals surface area contributed by atoms with Gasteiger partial charge in [0.15, 0.2) is 16.3 Å². The fourth-order valence-electron chi connectivity index (χ4n) is 2.59. The van der Waals surface area contributed by atoms with Crippen molar-refractivity contribution in [3.05, 3.63) is 77.2 Å². The molecule has 9 heteroatoms. The second-order valence-corrected chi connectivity index (χ2v) is 6.77. The molecule has 0 saturated heterocycles. The summed E-state index contributed by atoms with van der Waals surface area (Å²) in [6, 6.07) is 13.7.